The van der Waals surface area contributed by atoms with E-state index in [2.05, 4.69) is 10.6 Å². The number of aliphatic hydroxyl groups excluding tert-OH is 6. The first kappa shape index (κ1) is 56.8. The molecule has 2 aliphatic rings. The van der Waals surface area contributed by atoms with Gasteiger partial charge in [0, 0.05) is 40.3 Å². The van der Waals surface area contributed by atoms with E-state index in [9.17, 15) is 59.1 Å². The molecule has 0 saturated carbocycles. The molecule has 2 rings (SSSR count). The molecule has 2 heterocycles. The number of aliphatic hydroxyl groups is 6. The van der Waals surface area contributed by atoms with Gasteiger partial charge in [-0.2, -0.15) is 0 Å². The van der Waals surface area contributed by atoms with Crippen molar-refractivity contribution in [2.24, 2.45) is 0 Å². The zero-order valence-corrected chi connectivity index (χ0v) is 37.3. The number of nitrogens with one attached hydrogen (secondary N) is 2. The zero-order chi connectivity index (χ0) is 46.0. The van der Waals surface area contributed by atoms with Crippen LogP contribution in [0.15, 0.2) is 0 Å². The number of phosphoric acid groups is 2. The summed E-state index contributed by atoms with van der Waals surface area (Å²) in [6.07, 6.45) is -4.50. The standard InChI is InChI=1S/C36H70N2O22P2/c1-25(41)37-29-33(45)31(43)27(23-39)59-35(29)53-15-7-3-5-9-17-55-61(47,48)57-19-11-13-51-21-22-52-14-12-20-58-62(49,50)56-18-10-6-4-8-16-54-36-30(38-26(2)42)34(46)32(44)28(24-40)60-36/h27-36,39-40,43-46H,3-24H2,1-2H3,(H,37,41)(H,38,42)(H,47,48)(H,49,50)/t27?,28?,29-,30-,31-,32-,33?,34?,35+,36+/m0/s1. The van der Waals surface area contributed by atoms with E-state index in [0.29, 0.717) is 64.2 Å². The predicted octanol–water partition coefficient (Wildman–Crippen LogP) is -0.892. The van der Waals surface area contributed by atoms with Gasteiger partial charge in [-0.3, -0.25) is 27.7 Å². The summed E-state index contributed by atoms with van der Waals surface area (Å²) in [5.74, 6) is -0.899. The number of ether oxygens (including phenoxy) is 6. The largest absolute Gasteiger partial charge is 0.472 e. The third-order valence-corrected chi connectivity index (χ3v) is 11.4. The number of carbonyl (C=O) groups excluding carboxylic acids is 2. The molecule has 2 saturated heterocycles. The van der Waals surface area contributed by atoms with Crippen LogP contribution in [-0.2, 0) is 65.2 Å². The summed E-state index contributed by atoms with van der Waals surface area (Å²) < 4.78 is 77.3. The Morgan fingerprint density at radius 1 is 0.484 bits per heavy atom. The average Bonchev–Trinajstić information content (AvgIpc) is 3.21. The Morgan fingerprint density at radius 2 is 0.806 bits per heavy atom. The van der Waals surface area contributed by atoms with Crippen molar-refractivity contribution in [3.05, 3.63) is 0 Å². The van der Waals surface area contributed by atoms with Crippen LogP contribution in [0.25, 0.3) is 0 Å². The Morgan fingerprint density at radius 3 is 1.13 bits per heavy atom. The first-order valence-corrected chi connectivity index (χ1v) is 23.9. The molecule has 6 unspecified atom stereocenters. The number of unbranched alkanes of at least 4 members (excludes halogenated alkanes) is 6. The van der Waals surface area contributed by atoms with Crippen molar-refractivity contribution >= 4 is 27.5 Å². The van der Waals surface area contributed by atoms with E-state index in [4.69, 9.17) is 46.5 Å². The second kappa shape index (κ2) is 31.6. The average molecular weight is 945 g/mol. The van der Waals surface area contributed by atoms with Crippen molar-refractivity contribution in [1.29, 1.82) is 0 Å². The number of phosphoric ester groups is 2. The molecule has 0 aromatic carbocycles. The molecule has 62 heavy (non-hydrogen) atoms. The second-order valence-corrected chi connectivity index (χ2v) is 17.5. The number of rotatable bonds is 35. The molecule has 366 valence electrons. The molecule has 12 atom stereocenters. The fourth-order valence-corrected chi connectivity index (χ4v) is 7.77. The van der Waals surface area contributed by atoms with Gasteiger partial charge in [0.25, 0.3) is 0 Å². The van der Waals surface area contributed by atoms with E-state index >= 15 is 0 Å². The molecule has 0 spiro atoms. The van der Waals surface area contributed by atoms with Gasteiger partial charge >= 0.3 is 15.6 Å². The highest BCUT2D eigenvalue weighted by molar-refractivity contribution is 7.47. The van der Waals surface area contributed by atoms with Crippen LogP contribution in [-0.4, -0.2) is 193 Å². The van der Waals surface area contributed by atoms with Gasteiger partial charge in [0.05, 0.1) is 52.9 Å². The minimum atomic E-state index is -4.24. The van der Waals surface area contributed by atoms with Crippen molar-refractivity contribution in [2.45, 2.75) is 139 Å². The Balaban J connectivity index is 1.39. The van der Waals surface area contributed by atoms with E-state index < -0.39 is 102 Å². The van der Waals surface area contributed by atoms with Gasteiger partial charge in [-0.1, -0.05) is 25.7 Å². The maximum absolute atomic E-state index is 12.1. The normalized spacial score (nSPS) is 28.5. The molecule has 24 nitrogen and oxygen atoms in total. The summed E-state index contributed by atoms with van der Waals surface area (Å²) in [5.41, 5.74) is 0. The molecule has 2 fully saturated rings. The van der Waals surface area contributed by atoms with Crippen LogP contribution in [0.4, 0.5) is 0 Å². The summed E-state index contributed by atoms with van der Waals surface area (Å²) >= 11 is 0. The van der Waals surface area contributed by atoms with E-state index in [-0.39, 0.29) is 66.1 Å². The number of carbonyl (C=O) groups is 2. The number of hydrogen-bond donors (Lipinski definition) is 10. The summed E-state index contributed by atoms with van der Waals surface area (Å²) in [6.45, 7) is 2.62. The van der Waals surface area contributed by atoms with Crippen LogP contribution in [0.5, 0.6) is 0 Å². The molecular formula is C36H70N2O22P2. The van der Waals surface area contributed by atoms with Crippen molar-refractivity contribution in [3.8, 4) is 0 Å². The summed E-state index contributed by atoms with van der Waals surface area (Å²) in [5, 5.41) is 64.5. The molecule has 2 aliphatic heterocycles. The first-order chi connectivity index (χ1) is 29.5. The summed E-state index contributed by atoms with van der Waals surface area (Å²) in [7, 11) is -8.48. The SMILES string of the molecule is CC(=O)N[C@H]1C(O)[C@@H](O)C(CO)O[C@H]1OCCCCCCOP(=O)(O)OCCCOCCOCCCOP(=O)(O)OCCCCCCO[C@@H]1OC(CO)[C@H](O)C(O)[C@@H]1NC(C)=O. The molecule has 26 heteroatoms. The Labute approximate surface area is 362 Å². The lowest BCUT2D eigenvalue weighted by Gasteiger charge is -2.42. The maximum atomic E-state index is 12.1. The van der Waals surface area contributed by atoms with Crippen LogP contribution in [0.2, 0.25) is 0 Å². The van der Waals surface area contributed by atoms with Gasteiger partial charge < -0.3 is 79.5 Å². The molecule has 0 aromatic heterocycles. The number of hydrogen-bond acceptors (Lipinski definition) is 20. The van der Waals surface area contributed by atoms with Crippen molar-refractivity contribution < 1.29 is 106 Å². The highest BCUT2D eigenvalue weighted by Crippen LogP contribution is 2.44. The highest BCUT2D eigenvalue weighted by atomic mass is 31.2. The molecule has 0 bridgehead atoms. The van der Waals surface area contributed by atoms with Crippen LogP contribution in [0.3, 0.4) is 0 Å². The fraction of sp³-hybridized carbons (Fsp3) is 0.944. The van der Waals surface area contributed by atoms with Gasteiger partial charge in [0.15, 0.2) is 12.6 Å². The van der Waals surface area contributed by atoms with Crippen LogP contribution in [0, 0.1) is 0 Å². The molecule has 10 N–H and O–H groups in total. The quantitative estimate of drug-likeness (QED) is 0.0272. The van der Waals surface area contributed by atoms with E-state index in [1.165, 1.54) is 13.8 Å². The third kappa shape index (κ3) is 23.2. The topological polar surface area (TPSA) is 346 Å². The maximum Gasteiger partial charge on any atom is 0.472 e. The van der Waals surface area contributed by atoms with Crippen molar-refractivity contribution in [3.63, 3.8) is 0 Å². The molecular weight excluding hydrogens is 874 g/mol. The Kier molecular flexibility index (Phi) is 28.9. The van der Waals surface area contributed by atoms with Crippen molar-refractivity contribution in [1.82, 2.24) is 10.6 Å². The minimum Gasteiger partial charge on any atom is -0.394 e. The highest BCUT2D eigenvalue weighted by Gasteiger charge is 2.46. The van der Waals surface area contributed by atoms with E-state index in [0.717, 1.165) is 0 Å². The summed E-state index contributed by atoms with van der Waals surface area (Å²) in [4.78, 5) is 42.8. The molecule has 0 aromatic rings. The zero-order valence-electron chi connectivity index (χ0n) is 35.5. The van der Waals surface area contributed by atoms with Gasteiger partial charge in [0.1, 0.15) is 48.7 Å². The lowest BCUT2D eigenvalue weighted by atomic mass is 9.97. The molecule has 0 aliphatic carbocycles. The Bertz CT molecular complexity index is 1230. The molecule has 0 radical (unpaired) electrons. The van der Waals surface area contributed by atoms with Crippen LogP contribution in [0.1, 0.15) is 78.1 Å². The minimum absolute atomic E-state index is 0.00759. The second-order valence-electron chi connectivity index (χ2n) is 14.6. The van der Waals surface area contributed by atoms with Gasteiger partial charge in [-0.15, -0.1) is 0 Å². The van der Waals surface area contributed by atoms with Gasteiger partial charge in [-0.05, 0) is 38.5 Å². The monoisotopic (exact) mass is 944 g/mol. The number of amides is 2. The van der Waals surface area contributed by atoms with E-state index in [1.54, 1.807) is 0 Å². The smallest absolute Gasteiger partial charge is 0.394 e. The third-order valence-electron chi connectivity index (χ3n) is 9.40. The van der Waals surface area contributed by atoms with Gasteiger partial charge in [0.2, 0.25) is 11.8 Å². The lowest BCUT2D eigenvalue weighted by molar-refractivity contribution is -0.270. The lowest BCUT2D eigenvalue weighted by Crippen LogP contribution is -2.64. The van der Waals surface area contributed by atoms with Crippen LogP contribution >= 0.6 is 15.6 Å². The van der Waals surface area contributed by atoms with Gasteiger partial charge in [-0.25, -0.2) is 9.13 Å². The fourth-order valence-electron chi connectivity index (χ4n) is 6.18. The van der Waals surface area contributed by atoms with E-state index in [1.807, 2.05) is 0 Å². The van der Waals surface area contributed by atoms with Crippen LogP contribution < -0.4 is 10.6 Å². The molecule has 2 amide bonds. The first-order valence-electron chi connectivity index (χ1n) is 20.9. The Hall–Kier alpha value is -1.32. The summed E-state index contributed by atoms with van der Waals surface area (Å²) in [6, 6.07) is -2.03. The van der Waals surface area contributed by atoms with Crippen molar-refractivity contribution in [2.75, 3.05) is 79.3 Å². The predicted molar refractivity (Wildman–Crippen MR) is 214 cm³/mol.